The maximum absolute atomic E-state index is 12.0. The molecule has 2 atom stereocenters. The average Bonchev–Trinajstić information content (AvgIpc) is 2.88. The number of sulfonamides is 1. The molecule has 0 bridgehead atoms. The molecule has 17 heavy (non-hydrogen) atoms. The van der Waals surface area contributed by atoms with Crippen LogP contribution in [-0.4, -0.2) is 30.5 Å². The van der Waals surface area contributed by atoms with Gasteiger partial charge in [0.25, 0.3) is 10.0 Å². The minimum absolute atomic E-state index is 0.0849. The van der Waals surface area contributed by atoms with Crippen molar-refractivity contribution in [2.45, 2.75) is 49.7 Å². The number of imidazole rings is 1. The van der Waals surface area contributed by atoms with Gasteiger partial charge in [0.1, 0.15) is 5.82 Å². The predicted molar refractivity (Wildman–Crippen MR) is 63.9 cm³/mol. The normalized spacial score (nSPS) is 25.3. The lowest BCUT2D eigenvalue weighted by Gasteiger charge is -2.16. The molecule has 7 heteroatoms. The van der Waals surface area contributed by atoms with Gasteiger partial charge in [-0.3, -0.25) is 0 Å². The number of nitrogens with one attached hydrogen (secondary N) is 2. The van der Waals surface area contributed by atoms with E-state index in [1.54, 1.807) is 0 Å². The number of nitrogens with two attached hydrogens (primary N) is 1. The third-order valence-electron chi connectivity index (χ3n) is 3.11. The monoisotopic (exact) mass is 258 g/mol. The van der Waals surface area contributed by atoms with Crippen molar-refractivity contribution in [3.8, 4) is 0 Å². The fourth-order valence-corrected chi connectivity index (χ4v) is 3.32. The lowest BCUT2D eigenvalue weighted by atomic mass is 10.2. The lowest BCUT2D eigenvalue weighted by molar-refractivity contribution is 0.520. The molecule has 1 aliphatic carbocycles. The molecule has 0 aromatic carbocycles. The highest BCUT2D eigenvalue weighted by atomic mass is 32.2. The summed E-state index contributed by atoms with van der Waals surface area (Å²) in [5.41, 5.74) is 5.84. The first-order valence-electron chi connectivity index (χ1n) is 5.84. The van der Waals surface area contributed by atoms with Crippen molar-refractivity contribution in [1.29, 1.82) is 0 Å². The SMILES string of the molecule is CCc1ncc(S(=O)(=O)NC2CCCC2N)[nH]1. The zero-order valence-electron chi connectivity index (χ0n) is 9.81. The molecule has 2 rings (SSSR count). The highest BCUT2D eigenvalue weighted by Gasteiger charge is 2.29. The Balaban J connectivity index is 2.13. The molecule has 0 spiro atoms. The summed E-state index contributed by atoms with van der Waals surface area (Å²) in [5.74, 6) is 0.668. The molecule has 96 valence electrons. The number of nitrogens with zero attached hydrogens (tertiary/aromatic N) is 1. The summed E-state index contributed by atoms with van der Waals surface area (Å²) in [6.07, 6.45) is 4.67. The van der Waals surface area contributed by atoms with Gasteiger partial charge in [0, 0.05) is 18.5 Å². The van der Waals surface area contributed by atoms with Crippen LogP contribution < -0.4 is 10.5 Å². The van der Waals surface area contributed by atoms with Crippen LogP contribution >= 0.6 is 0 Å². The van der Waals surface area contributed by atoms with E-state index in [4.69, 9.17) is 5.73 Å². The van der Waals surface area contributed by atoms with E-state index < -0.39 is 10.0 Å². The zero-order chi connectivity index (χ0) is 12.5. The zero-order valence-corrected chi connectivity index (χ0v) is 10.6. The number of aromatic nitrogens is 2. The molecular weight excluding hydrogens is 240 g/mol. The van der Waals surface area contributed by atoms with Gasteiger partial charge in [-0.05, 0) is 12.8 Å². The number of hydrogen-bond donors (Lipinski definition) is 3. The Labute approximate surface area is 101 Å². The Morgan fingerprint density at radius 3 is 2.88 bits per heavy atom. The van der Waals surface area contributed by atoms with E-state index in [1.807, 2.05) is 6.92 Å². The molecular formula is C10H18N4O2S. The van der Waals surface area contributed by atoms with Crippen molar-refractivity contribution in [3.05, 3.63) is 12.0 Å². The summed E-state index contributed by atoms with van der Waals surface area (Å²) in [7, 11) is -3.51. The van der Waals surface area contributed by atoms with Crippen molar-refractivity contribution >= 4 is 10.0 Å². The van der Waals surface area contributed by atoms with E-state index in [0.717, 1.165) is 19.3 Å². The topological polar surface area (TPSA) is 101 Å². The number of aromatic amines is 1. The quantitative estimate of drug-likeness (QED) is 0.714. The van der Waals surface area contributed by atoms with Gasteiger partial charge in [-0.1, -0.05) is 13.3 Å². The smallest absolute Gasteiger partial charge is 0.257 e. The summed E-state index contributed by atoms with van der Waals surface area (Å²) in [4.78, 5) is 6.78. The van der Waals surface area contributed by atoms with Crippen LogP contribution in [0.5, 0.6) is 0 Å². The second kappa shape index (κ2) is 4.75. The Hall–Kier alpha value is -0.920. The average molecular weight is 258 g/mol. The molecule has 4 N–H and O–H groups in total. The van der Waals surface area contributed by atoms with Crippen LogP contribution in [0.15, 0.2) is 11.2 Å². The van der Waals surface area contributed by atoms with Crippen LogP contribution in [0.4, 0.5) is 0 Å². The summed E-state index contributed by atoms with van der Waals surface area (Å²) < 4.78 is 26.7. The van der Waals surface area contributed by atoms with Gasteiger partial charge in [-0.15, -0.1) is 0 Å². The molecule has 0 radical (unpaired) electrons. The van der Waals surface area contributed by atoms with E-state index >= 15 is 0 Å². The molecule has 0 amide bonds. The Morgan fingerprint density at radius 1 is 1.59 bits per heavy atom. The number of rotatable bonds is 4. The van der Waals surface area contributed by atoms with Crippen LogP contribution in [0.1, 0.15) is 32.0 Å². The second-order valence-corrected chi connectivity index (χ2v) is 6.05. The first kappa shape index (κ1) is 12.5. The number of aryl methyl sites for hydroxylation is 1. The van der Waals surface area contributed by atoms with Crippen LogP contribution in [0.3, 0.4) is 0 Å². The van der Waals surface area contributed by atoms with Crippen LogP contribution in [0, 0.1) is 0 Å². The van der Waals surface area contributed by atoms with E-state index in [1.165, 1.54) is 6.20 Å². The van der Waals surface area contributed by atoms with Crippen LogP contribution in [0.2, 0.25) is 0 Å². The third kappa shape index (κ3) is 2.67. The molecule has 1 fully saturated rings. The van der Waals surface area contributed by atoms with Crippen molar-refractivity contribution in [2.24, 2.45) is 5.73 Å². The van der Waals surface area contributed by atoms with Gasteiger partial charge in [0.05, 0.1) is 6.20 Å². The number of hydrogen-bond acceptors (Lipinski definition) is 4. The number of H-pyrrole nitrogens is 1. The van der Waals surface area contributed by atoms with E-state index in [-0.39, 0.29) is 17.1 Å². The highest BCUT2D eigenvalue weighted by molar-refractivity contribution is 7.89. The molecule has 1 aromatic heterocycles. The summed E-state index contributed by atoms with van der Waals surface area (Å²) in [6, 6.07) is -0.244. The minimum Gasteiger partial charge on any atom is -0.332 e. The van der Waals surface area contributed by atoms with Gasteiger partial charge in [0.15, 0.2) is 5.03 Å². The van der Waals surface area contributed by atoms with Crippen molar-refractivity contribution in [1.82, 2.24) is 14.7 Å². The van der Waals surface area contributed by atoms with E-state index in [2.05, 4.69) is 14.7 Å². The van der Waals surface area contributed by atoms with Gasteiger partial charge in [-0.25, -0.2) is 18.1 Å². The van der Waals surface area contributed by atoms with Crippen molar-refractivity contribution in [3.63, 3.8) is 0 Å². The van der Waals surface area contributed by atoms with Gasteiger partial charge in [-0.2, -0.15) is 0 Å². The minimum atomic E-state index is -3.51. The predicted octanol–water partition coefficient (Wildman–Crippen LogP) is 0.130. The molecule has 1 heterocycles. The van der Waals surface area contributed by atoms with E-state index in [0.29, 0.717) is 12.2 Å². The Morgan fingerprint density at radius 2 is 2.35 bits per heavy atom. The lowest BCUT2D eigenvalue weighted by Crippen LogP contribution is -2.43. The molecule has 6 nitrogen and oxygen atoms in total. The Kier molecular flexibility index (Phi) is 3.50. The maximum atomic E-state index is 12.0. The fourth-order valence-electron chi connectivity index (χ4n) is 2.06. The molecule has 2 unspecified atom stereocenters. The summed E-state index contributed by atoms with van der Waals surface area (Å²) in [5, 5.41) is 0.119. The van der Waals surface area contributed by atoms with Gasteiger partial charge < -0.3 is 10.7 Å². The molecule has 0 aliphatic heterocycles. The first-order valence-corrected chi connectivity index (χ1v) is 7.33. The summed E-state index contributed by atoms with van der Waals surface area (Å²) >= 11 is 0. The summed E-state index contributed by atoms with van der Waals surface area (Å²) in [6.45, 7) is 1.91. The molecule has 1 aromatic rings. The van der Waals surface area contributed by atoms with Gasteiger partial charge >= 0.3 is 0 Å². The highest BCUT2D eigenvalue weighted by Crippen LogP contribution is 2.19. The second-order valence-electron chi connectivity index (χ2n) is 4.37. The molecule has 0 saturated heterocycles. The fraction of sp³-hybridized carbons (Fsp3) is 0.700. The largest absolute Gasteiger partial charge is 0.332 e. The third-order valence-corrected chi connectivity index (χ3v) is 4.51. The maximum Gasteiger partial charge on any atom is 0.257 e. The molecule has 1 aliphatic rings. The van der Waals surface area contributed by atoms with Crippen molar-refractivity contribution in [2.75, 3.05) is 0 Å². The van der Waals surface area contributed by atoms with Crippen LogP contribution in [-0.2, 0) is 16.4 Å². The van der Waals surface area contributed by atoms with Crippen molar-refractivity contribution < 1.29 is 8.42 Å². The standard InChI is InChI=1S/C10H18N4O2S/c1-2-9-12-6-10(13-9)17(15,16)14-8-5-3-4-7(8)11/h6-8,14H,2-5,11H2,1H3,(H,12,13). The van der Waals surface area contributed by atoms with Crippen LogP contribution in [0.25, 0.3) is 0 Å². The van der Waals surface area contributed by atoms with Gasteiger partial charge in [0.2, 0.25) is 0 Å². The first-order chi connectivity index (χ1) is 8.03. The molecule has 1 saturated carbocycles. The van der Waals surface area contributed by atoms with E-state index in [9.17, 15) is 8.42 Å². The Bertz CT molecular complexity index is 482.